The van der Waals surface area contributed by atoms with Gasteiger partial charge in [0.1, 0.15) is 28.7 Å². The highest BCUT2D eigenvalue weighted by Gasteiger charge is 2.33. The summed E-state index contributed by atoms with van der Waals surface area (Å²) in [4.78, 5) is 27.4. The van der Waals surface area contributed by atoms with Crippen LogP contribution in [0, 0.1) is 14.9 Å². The number of carbonyl (C=O) groups is 2. The minimum atomic E-state index is -0.597. The molecule has 1 N–H and O–H groups in total. The van der Waals surface area contributed by atoms with Crippen LogP contribution in [0.15, 0.2) is 24.3 Å². The topological polar surface area (TPSA) is 96.6 Å². The summed E-state index contributed by atoms with van der Waals surface area (Å²) in [7, 11) is 0. The second-order valence-corrected chi connectivity index (χ2v) is 10.8. The molecule has 0 radical (unpaired) electrons. The van der Waals surface area contributed by atoms with Crippen LogP contribution in [0.2, 0.25) is 5.02 Å². The molecule has 0 bridgehead atoms. The van der Waals surface area contributed by atoms with Crippen LogP contribution in [-0.4, -0.2) is 48.0 Å². The number of nitrogens with one attached hydrogen (secondary N) is 1. The van der Waals surface area contributed by atoms with E-state index in [0.29, 0.717) is 45.3 Å². The Morgan fingerprint density at radius 1 is 1.31 bits per heavy atom. The van der Waals surface area contributed by atoms with Gasteiger partial charge in [0.05, 0.1) is 16.7 Å². The summed E-state index contributed by atoms with van der Waals surface area (Å²) in [5, 5.41) is 13.6. The minimum Gasteiger partial charge on any atom is -0.461 e. The van der Waals surface area contributed by atoms with Gasteiger partial charge in [-0.1, -0.05) is 29.8 Å². The van der Waals surface area contributed by atoms with E-state index in [-0.39, 0.29) is 12.6 Å². The number of carbonyl (C=O) groups excluding carboxylic acids is 2. The van der Waals surface area contributed by atoms with Gasteiger partial charge in [-0.2, -0.15) is 5.26 Å². The minimum absolute atomic E-state index is 0.169. The number of hydrogen-bond donors (Lipinski definition) is 1. The molecule has 2 aromatic rings. The predicted molar refractivity (Wildman–Crippen MR) is 143 cm³/mol. The van der Waals surface area contributed by atoms with Crippen molar-refractivity contribution in [3.05, 3.63) is 49.7 Å². The van der Waals surface area contributed by atoms with Crippen LogP contribution in [0.1, 0.15) is 62.2 Å². The third-order valence-corrected chi connectivity index (χ3v) is 6.90. The van der Waals surface area contributed by atoms with Gasteiger partial charge in [0.15, 0.2) is 0 Å². The second kappa shape index (κ2) is 11.5. The van der Waals surface area contributed by atoms with E-state index in [1.807, 2.05) is 71.0 Å². The zero-order valence-electron chi connectivity index (χ0n) is 20.4. The molecule has 1 aromatic carbocycles. The third-order valence-electron chi connectivity index (χ3n) is 5.49. The molecule has 3 rings (SSSR count). The number of alkyl carbamates (subject to hydrolysis) is 1. The van der Waals surface area contributed by atoms with Crippen molar-refractivity contribution in [3.8, 4) is 6.07 Å². The molecule has 10 heteroatoms. The van der Waals surface area contributed by atoms with Gasteiger partial charge in [0.2, 0.25) is 0 Å². The molecule has 1 aliphatic rings. The largest absolute Gasteiger partial charge is 0.461 e. The number of anilines is 1. The summed E-state index contributed by atoms with van der Waals surface area (Å²) in [5.74, 6) is 0.128. The molecule has 1 saturated heterocycles. The lowest BCUT2D eigenvalue weighted by Crippen LogP contribution is -2.49. The molecule has 1 fully saturated rings. The summed E-state index contributed by atoms with van der Waals surface area (Å²) in [6, 6.07) is 9.52. The van der Waals surface area contributed by atoms with Gasteiger partial charge in [-0.3, -0.25) is 0 Å². The van der Waals surface area contributed by atoms with Crippen LogP contribution in [-0.2, 0) is 16.0 Å². The fourth-order valence-electron chi connectivity index (χ4n) is 4.12. The predicted octanol–water partition coefficient (Wildman–Crippen LogP) is 5.34. The zero-order valence-corrected chi connectivity index (χ0v) is 23.3. The number of benzene rings is 1. The molecule has 1 aromatic heterocycles. The molecule has 188 valence electrons. The Kier molecular flexibility index (Phi) is 8.94. The highest BCUT2D eigenvalue weighted by molar-refractivity contribution is 14.1. The van der Waals surface area contributed by atoms with Crippen LogP contribution >= 0.6 is 34.2 Å². The van der Waals surface area contributed by atoms with Crippen LogP contribution in [0.4, 0.5) is 10.6 Å². The fraction of sp³-hybridized carbons (Fsp3) is 0.480. The van der Waals surface area contributed by atoms with Gasteiger partial charge in [0, 0.05) is 24.2 Å². The van der Waals surface area contributed by atoms with Crippen molar-refractivity contribution in [2.75, 3.05) is 24.6 Å². The van der Waals surface area contributed by atoms with Crippen molar-refractivity contribution >= 4 is 52.1 Å². The lowest BCUT2D eigenvalue weighted by molar-refractivity contribution is 0.0495. The van der Waals surface area contributed by atoms with Crippen molar-refractivity contribution in [2.24, 2.45) is 0 Å². The number of halogens is 2. The first-order valence-corrected chi connectivity index (χ1v) is 13.0. The molecule has 1 amide bonds. The van der Waals surface area contributed by atoms with E-state index in [4.69, 9.17) is 21.1 Å². The van der Waals surface area contributed by atoms with Gasteiger partial charge in [-0.15, -0.1) is 0 Å². The first-order chi connectivity index (χ1) is 16.6. The maximum atomic E-state index is 13.0. The van der Waals surface area contributed by atoms with Crippen molar-refractivity contribution in [1.29, 1.82) is 5.26 Å². The summed E-state index contributed by atoms with van der Waals surface area (Å²) in [6.07, 6.45) is 1.11. The molecule has 0 spiro atoms. The van der Waals surface area contributed by atoms with Crippen LogP contribution in [0.25, 0.3) is 0 Å². The van der Waals surface area contributed by atoms with Crippen molar-refractivity contribution in [3.63, 3.8) is 0 Å². The number of esters is 1. The van der Waals surface area contributed by atoms with Gasteiger partial charge in [-0.25, -0.2) is 9.59 Å². The average Bonchev–Trinajstić information content (AvgIpc) is 3.05. The van der Waals surface area contributed by atoms with Gasteiger partial charge >= 0.3 is 12.1 Å². The van der Waals surface area contributed by atoms with E-state index in [1.54, 1.807) is 13.0 Å². The molecule has 0 saturated carbocycles. The number of aromatic nitrogens is 1. The van der Waals surface area contributed by atoms with Crippen LogP contribution in [0.5, 0.6) is 0 Å². The molecule has 2 heterocycles. The Bertz CT molecular complexity index is 1140. The number of piperidine rings is 1. The van der Waals surface area contributed by atoms with E-state index in [0.717, 1.165) is 18.4 Å². The highest BCUT2D eigenvalue weighted by atomic mass is 127. The smallest absolute Gasteiger partial charge is 0.407 e. The van der Waals surface area contributed by atoms with E-state index < -0.39 is 17.7 Å². The number of rotatable bonds is 6. The Balaban J connectivity index is 2.02. The Morgan fingerprint density at radius 2 is 2.03 bits per heavy atom. The first kappa shape index (κ1) is 27.1. The number of ether oxygens (including phenoxy) is 2. The zero-order chi connectivity index (χ0) is 25.8. The van der Waals surface area contributed by atoms with Crippen molar-refractivity contribution in [2.45, 2.75) is 58.7 Å². The SMILES string of the molecule is CCOC(=O)c1c(I)c(C#N)c(N2CCC[C@@H](NC(=O)OC(C)(C)C)C2)n1Cc1ccccc1Cl. The summed E-state index contributed by atoms with van der Waals surface area (Å²) in [6.45, 7) is 8.86. The lowest BCUT2D eigenvalue weighted by Gasteiger charge is -2.35. The Labute approximate surface area is 224 Å². The molecule has 0 aliphatic carbocycles. The van der Waals surface area contributed by atoms with Crippen LogP contribution < -0.4 is 10.2 Å². The quantitative estimate of drug-likeness (QED) is 0.350. The van der Waals surface area contributed by atoms with E-state index in [2.05, 4.69) is 11.4 Å². The van der Waals surface area contributed by atoms with E-state index in [1.165, 1.54) is 0 Å². The lowest BCUT2D eigenvalue weighted by atomic mass is 10.1. The Morgan fingerprint density at radius 3 is 2.66 bits per heavy atom. The normalized spacial score (nSPS) is 15.9. The fourth-order valence-corrected chi connectivity index (χ4v) is 5.18. The van der Waals surface area contributed by atoms with E-state index >= 15 is 0 Å². The van der Waals surface area contributed by atoms with Gasteiger partial charge < -0.3 is 24.3 Å². The standard InChI is InChI=1S/C25H30ClIN4O4/c1-5-34-23(32)21-20(27)18(13-28)22(31(21)14-16-9-6-7-11-19(16)26)30-12-8-10-17(15-30)29-24(33)35-25(2,3)4/h6-7,9,11,17H,5,8,10,12,14-15H2,1-4H3,(H,29,33)/t17-/m1/s1. The summed E-state index contributed by atoms with van der Waals surface area (Å²) >= 11 is 8.48. The number of amides is 1. The molecule has 8 nitrogen and oxygen atoms in total. The number of hydrogen-bond acceptors (Lipinski definition) is 6. The molecular formula is C25H30ClIN4O4. The summed E-state index contributed by atoms with van der Waals surface area (Å²) in [5.41, 5.74) is 0.942. The maximum absolute atomic E-state index is 13.0. The molecule has 0 unspecified atom stereocenters. The van der Waals surface area contributed by atoms with E-state index in [9.17, 15) is 14.9 Å². The van der Waals surface area contributed by atoms with Gasteiger partial charge in [-0.05, 0) is 74.8 Å². The molecular weight excluding hydrogens is 583 g/mol. The maximum Gasteiger partial charge on any atom is 0.407 e. The average molecular weight is 613 g/mol. The number of nitrogens with zero attached hydrogens (tertiary/aromatic N) is 3. The Hall–Kier alpha value is -2.45. The second-order valence-electron chi connectivity index (χ2n) is 9.30. The first-order valence-electron chi connectivity index (χ1n) is 11.5. The van der Waals surface area contributed by atoms with Crippen molar-refractivity contribution in [1.82, 2.24) is 9.88 Å². The molecule has 1 atom stereocenters. The third kappa shape index (κ3) is 6.61. The summed E-state index contributed by atoms with van der Waals surface area (Å²) < 4.78 is 13.1. The van der Waals surface area contributed by atoms with Crippen molar-refractivity contribution < 1.29 is 19.1 Å². The molecule has 35 heavy (non-hydrogen) atoms. The monoisotopic (exact) mass is 612 g/mol. The van der Waals surface area contributed by atoms with Crippen LogP contribution in [0.3, 0.4) is 0 Å². The highest BCUT2D eigenvalue weighted by Crippen LogP contribution is 2.35. The molecule has 1 aliphatic heterocycles. The van der Waals surface area contributed by atoms with Gasteiger partial charge in [0.25, 0.3) is 0 Å². The number of nitriles is 1.